The number of phosphoric ester groups is 3. The van der Waals surface area contributed by atoms with Crippen LogP contribution in [0.1, 0.15) is 24.9 Å². The molecule has 38 nitrogen and oxygen atoms in total. The quantitative estimate of drug-likeness (QED) is 0.0366. The number of phosphoric acid groups is 3. The third-order valence-electron chi connectivity index (χ3n) is 11.9. The number of H-pyrrole nitrogens is 4. The number of nitrogens with zero attached hydrogens (tertiary/aromatic N) is 4. The number of ether oxygens (including phenoxy) is 4. The summed E-state index contributed by atoms with van der Waals surface area (Å²) in [4.78, 5) is 137. The highest BCUT2D eigenvalue weighted by Crippen LogP contribution is 2.53. The van der Waals surface area contributed by atoms with E-state index in [9.17, 15) is 97.4 Å². The highest BCUT2D eigenvalue weighted by atomic mass is 31.2. The zero-order valence-corrected chi connectivity index (χ0v) is 41.1. The Bertz CT molecular complexity index is 3450. The van der Waals surface area contributed by atoms with Gasteiger partial charge in [-0.1, -0.05) is 0 Å². The van der Waals surface area contributed by atoms with Crippen molar-refractivity contribution in [3.05, 3.63) is 132 Å². The predicted molar refractivity (Wildman–Crippen MR) is 240 cm³/mol. The minimum Gasteiger partial charge on any atom is -0.394 e. The van der Waals surface area contributed by atoms with Gasteiger partial charge in [-0.05, 0) is 0 Å². The van der Waals surface area contributed by atoms with Crippen LogP contribution in [0, 0.1) is 0 Å². The molecule has 0 amide bonds. The van der Waals surface area contributed by atoms with Crippen molar-refractivity contribution in [1.82, 2.24) is 38.2 Å². The summed E-state index contributed by atoms with van der Waals surface area (Å²) in [5, 5.41) is 64.8. The largest absolute Gasteiger partial charge is 0.472 e. The van der Waals surface area contributed by atoms with Gasteiger partial charge in [0, 0.05) is 49.1 Å². The van der Waals surface area contributed by atoms with E-state index < -0.39 is 193 Å². The van der Waals surface area contributed by atoms with Crippen molar-refractivity contribution in [2.75, 3.05) is 26.4 Å². The summed E-state index contributed by atoms with van der Waals surface area (Å²) in [6.45, 7) is -4.73. The molecule has 4 saturated heterocycles. The highest BCUT2D eigenvalue weighted by Gasteiger charge is 2.54. The molecular formula is C36H45N8O30P3. The molecule has 3 unspecified atom stereocenters. The van der Waals surface area contributed by atoms with E-state index in [0.717, 1.165) is 49.1 Å². The first-order chi connectivity index (χ1) is 36.2. The van der Waals surface area contributed by atoms with Crippen molar-refractivity contribution >= 4 is 23.5 Å². The second kappa shape index (κ2) is 22.8. The van der Waals surface area contributed by atoms with Crippen LogP contribution in [0.3, 0.4) is 0 Å². The number of nitrogens with one attached hydrogen (secondary N) is 4. The van der Waals surface area contributed by atoms with Gasteiger partial charge in [0.05, 0.1) is 26.4 Å². The van der Waals surface area contributed by atoms with E-state index in [0.29, 0.717) is 18.3 Å². The van der Waals surface area contributed by atoms with Crippen LogP contribution in [0.4, 0.5) is 0 Å². The van der Waals surface area contributed by atoms with Crippen molar-refractivity contribution in [1.29, 1.82) is 0 Å². The molecule has 0 aromatic carbocycles. The maximum Gasteiger partial charge on any atom is 0.472 e. The number of hydrogen-bond donors (Lipinski definition) is 13. The highest BCUT2D eigenvalue weighted by molar-refractivity contribution is 7.48. The van der Waals surface area contributed by atoms with Gasteiger partial charge in [0.2, 0.25) is 0 Å². The lowest BCUT2D eigenvalue weighted by atomic mass is 10.1. The zero-order chi connectivity index (χ0) is 56.1. The first kappa shape index (κ1) is 57.8. The Kier molecular flexibility index (Phi) is 17.1. The average molecular weight is 1160 g/mol. The maximum absolute atomic E-state index is 13.8. The molecule has 4 aromatic rings. The second-order valence-electron chi connectivity index (χ2n) is 17.0. The van der Waals surface area contributed by atoms with E-state index in [4.69, 9.17) is 46.1 Å². The fourth-order valence-electron chi connectivity index (χ4n) is 8.32. The summed E-state index contributed by atoms with van der Waals surface area (Å²) < 4.78 is 95.7. The van der Waals surface area contributed by atoms with Gasteiger partial charge in [-0.2, -0.15) is 0 Å². The Balaban J connectivity index is 0.983. The minimum absolute atomic E-state index is 0.551. The van der Waals surface area contributed by atoms with Crippen LogP contribution in [0.2, 0.25) is 0 Å². The van der Waals surface area contributed by atoms with Crippen molar-refractivity contribution in [2.45, 2.75) is 98.2 Å². The molecule has 8 heterocycles. The van der Waals surface area contributed by atoms with Gasteiger partial charge in [-0.3, -0.25) is 84.5 Å². The Morgan fingerprint density at radius 2 is 0.675 bits per heavy atom. The van der Waals surface area contributed by atoms with E-state index in [1.54, 1.807) is 0 Å². The molecule has 8 rings (SSSR count). The monoisotopic (exact) mass is 1160 g/mol. The molecule has 4 fully saturated rings. The molecule has 0 radical (unpaired) electrons. The Labute approximate surface area is 423 Å². The van der Waals surface area contributed by atoms with Gasteiger partial charge in [-0.25, -0.2) is 32.9 Å². The molecule has 77 heavy (non-hydrogen) atoms. The van der Waals surface area contributed by atoms with Crippen LogP contribution in [0.5, 0.6) is 0 Å². The van der Waals surface area contributed by atoms with Crippen LogP contribution in [0.15, 0.2) is 87.4 Å². The molecule has 4 aromatic heterocycles. The fraction of sp³-hybridized carbons (Fsp3) is 0.556. The molecule has 19 atom stereocenters. The Hall–Kier alpha value is -5.35. The van der Waals surface area contributed by atoms with E-state index in [1.165, 1.54) is 0 Å². The lowest BCUT2D eigenvalue weighted by Crippen LogP contribution is -2.40. The van der Waals surface area contributed by atoms with Gasteiger partial charge in [-0.15, -0.1) is 0 Å². The summed E-state index contributed by atoms with van der Waals surface area (Å²) in [6, 6.07) is 3.34. The summed E-state index contributed by atoms with van der Waals surface area (Å²) in [5.41, 5.74) is -8.14. The molecule has 0 saturated carbocycles. The van der Waals surface area contributed by atoms with Crippen molar-refractivity contribution in [2.24, 2.45) is 0 Å². The van der Waals surface area contributed by atoms with E-state index in [-0.39, 0.29) is 0 Å². The first-order valence-electron chi connectivity index (χ1n) is 22.0. The van der Waals surface area contributed by atoms with Crippen LogP contribution in [-0.4, -0.2) is 183 Å². The SMILES string of the molecule is O=c1ccn([C@@H]2O[C@H](COP(=O)(O)O[C@H]3[C@@H](O)[C@H](n4ccc(=O)[nH]c4=O)O[C@@H]3COP(=O)(O)O[C@H]3[C@@H](O)[C@H](n4ccc(=O)[nH]c4=O)O[C@@H]3COP(=O)(O)O[C@H]3[C@@H](O)[C@H](n4ccc(=O)[nH]c4=O)O[C@@H]3CO)[C@@H](O)[C@H]2O)c(=O)[nH]1. The Morgan fingerprint density at radius 3 is 0.974 bits per heavy atom. The number of hydrogen-bond acceptors (Lipinski definition) is 27. The third kappa shape index (κ3) is 12.7. The molecule has 0 spiro atoms. The van der Waals surface area contributed by atoms with E-state index in [2.05, 4.69) is 0 Å². The number of rotatable bonds is 20. The van der Waals surface area contributed by atoms with Gasteiger partial charge in [0.1, 0.15) is 73.2 Å². The standard InChI is InChI=1S/C36H45N8O30P3/c45-9-13-26(23(52)30(68-13)42-6-2-18(47)38-34(42)56)72-76(61,62)66-11-15-28(25(54)32(70-15)44-8-4-20(49)40-36(44)58)74-77(63,64)67-12-16-27(24(53)31(71-16)43-7-3-19(48)39-35(43)57)73-75(59,60)65-10-14-21(50)22(51)29(69-14)41-5-1-17(46)37-33(41)55/h1-8,13-16,21-32,45,50-54H,9-12H2,(H,59,60)(H,61,62)(H,63,64)(H,37,46,55)(H,38,47,56)(H,39,48,57)(H,40,49,58)/t13-,14-,15-,16-,21-,22-,23-,24-,25-,26-,27-,28-,29-,30-,31-,32-/m1/s1. The number of aliphatic hydroxyl groups excluding tert-OH is 6. The molecular weight excluding hydrogens is 1120 g/mol. The first-order valence-corrected chi connectivity index (χ1v) is 26.5. The van der Waals surface area contributed by atoms with Gasteiger partial charge in [0.25, 0.3) is 22.2 Å². The topological polar surface area (TPSA) is 545 Å². The van der Waals surface area contributed by atoms with Crippen LogP contribution < -0.4 is 45.0 Å². The summed E-state index contributed by atoms with van der Waals surface area (Å²) in [6.07, 6.45) is -28.1. The van der Waals surface area contributed by atoms with Crippen molar-refractivity contribution in [3.8, 4) is 0 Å². The summed E-state index contributed by atoms with van der Waals surface area (Å²) in [5.74, 6) is 0. The smallest absolute Gasteiger partial charge is 0.394 e. The molecule has 4 aliphatic heterocycles. The minimum atomic E-state index is -5.78. The Morgan fingerprint density at radius 1 is 0.416 bits per heavy atom. The van der Waals surface area contributed by atoms with Crippen molar-refractivity contribution < 1.29 is 105 Å². The lowest BCUT2D eigenvalue weighted by molar-refractivity contribution is -0.0658. The van der Waals surface area contributed by atoms with Gasteiger partial charge in [0.15, 0.2) is 24.9 Å². The predicted octanol–water partition coefficient (Wildman–Crippen LogP) is -7.92. The van der Waals surface area contributed by atoms with Gasteiger partial charge >= 0.3 is 46.2 Å². The van der Waals surface area contributed by atoms with Crippen LogP contribution in [0.25, 0.3) is 0 Å². The fourth-order valence-corrected chi connectivity index (χ4v) is 11.2. The second-order valence-corrected chi connectivity index (χ2v) is 21.2. The molecule has 424 valence electrons. The van der Waals surface area contributed by atoms with Gasteiger partial charge < -0.3 is 64.3 Å². The molecule has 0 aliphatic carbocycles. The van der Waals surface area contributed by atoms with Crippen LogP contribution >= 0.6 is 23.5 Å². The molecule has 13 N–H and O–H groups in total. The number of aromatic amines is 4. The van der Waals surface area contributed by atoms with E-state index >= 15 is 0 Å². The van der Waals surface area contributed by atoms with E-state index in [1.807, 2.05) is 19.9 Å². The summed E-state index contributed by atoms with van der Waals surface area (Å²) in [7, 11) is -16.9. The molecule has 0 bridgehead atoms. The van der Waals surface area contributed by atoms with Crippen molar-refractivity contribution in [3.63, 3.8) is 0 Å². The molecule has 41 heteroatoms. The lowest BCUT2D eigenvalue weighted by Gasteiger charge is -2.26. The normalized spacial score (nSPS) is 33.7. The van der Waals surface area contributed by atoms with Crippen LogP contribution in [-0.2, 0) is 59.8 Å². The molecule has 4 aliphatic rings. The number of aromatic nitrogens is 8. The summed E-state index contributed by atoms with van der Waals surface area (Å²) >= 11 is 0. The number of aliphatic hydroxyl groups is 6. The third-order valence-corrected chi connectivity index (χ3v) is 14.9. The average Bonchev–Trinajstić information content (AvgIpc) is 4.03. The zero-order valence-electron chi connectivity index (χ0n) is 38.4. The maximum atomic E-state index is 13.8.